The fourth-order valence-electron chi connectivity index (χ4n) is 4.77. The van der Waals surface area contributed by atoms with Crippen LogP contribution in [0.1, 0.15) is 30.0 Å². The molecule has 1 saturated heterocycles. The lowest BCUT2D eigenvalue weighted by Crippen LogP contribution is -2.32. The van der Waals surface area contributed by atoms with Gasteiger partial charge < -0.3 is 15.0 Å². The Morgan fingerprint density at radius 1 is 1.05 bits per heavy atom. The predicted octanol–water partition coefficient (Wildman–Crippen LogP) is 4.82. The number of fused-ring (bicyclic) bond motifs is 1. The molecule has 2 amide bonds. The van der Waals surface area contributed by atoms with E-state index < -0.39 is 12.3 Å². The first kappa shape index (κ1) is 24.4. The van der Waals surface area contributed by atoms with Crippen molar-refractivity contribution in [2.24, 2.45) is 0 Å². The first-order valence-corrected chi connectivity index (χ1v) is 13.0. The topological polar surface area (TPSA) is 89.3 Å². The number of ether oxygens (including phenoxy) is 1. The van der Waals surface area contributed by atoms with E-state index in [9.17, 15) is 14.0 Å². The van der Waals surface area contributed by atoms with Gasteiger partial charge in [0, 0.05) is 22.3 Å². The molecule has 1 aromatic heterocycles. The van der Waals surface area contributed by atoms with Crippen molar-refractivity contribution >= 4 is 33.4 Å². The molecule has 2 aliphatic heterocycles. The number of carbonyl (C=O) groups excluding carboxylic acids is 2. The number of amides is 2. The van der Waals surface area contributed by atoms with E-state index in [0.29, 0.717) is 36.3 Å². The summed E-state index contributed by atoms with van der Waals surface area (Å²) in [6, 6.07) is 19.4. The van der Waals surface area contributed by atoms with E-state index in [-0.39, 0.29) is 17.6 Å². The lowest BCUT2D eigenvalue weighted by atomic mass is 10.1. The molecule has 2 atom stereocenters. The molecule has 3 heterocycles. The highest BCUT2D eigenvalue weighted by molar-refractivity contribution is 9.10. The highest BCUT2D eigenvalue weighted by atomic mass is 79.9. The second-order valence-electron chi connectivity index (χ2n) is 9.34. The zero-order valence-electron chi connectivity index (χ0n) is 20.4. The van der Waals surface area contributed by atoms with Crippen molar-refractivity contribution in [3.63, 3.8) is 0 Å². The molecule has 0 aliphatic carbocycles. The van der Waals surface area contributed by atoms with Crippen molar-refractivity contribution in [1.82, 2.24) is 19.9 Å². The summed E-state index contributed by atoms with van der Waals surface area (Å²) in [5.41, 5.74) is 5.15. The highest BCUT2D eigenvalue weighted by Gasteiger charge is 2.41. The van der Waals surface area contributed by atoms with E-state index in [0.717, 1.165) is 27.0 Å². The van der Waals surface area contributed by atoms with Crippen molar-refractivity contribution < 1.29 is 18.7 Å². The van der Waals surface area contributed by atoms with Crippen molar-refractivity contribution in [2.75, 3.05) is 11.9 Å². The van der Waals surface area contributed by atoms with E-state index in [1.807, 2.05) is 42.5 Å². The summed E-state index contributed by atoms with van der Waals surface area (Å²) >= 11 is 3.44. The maximum absolute atomic E-state index is 13.7. The van der Waals surface area contributed by atoms with Crippen LogP contribution in [0.3, 0.4) is 0 Å². The fraction of sp³-hybridized carbons (Fsp3) is 0.214. The van der Waals surface area contributed by atoms with Crippen LogP contribution in [-0.2, 0) is 27.2 Å². The fourth-order valence-corrected chi connectivity index (χ4v) is 5.03. The number of hydrogen-bond acceptors (Lipinski definition) is 5. The number of aromatic nitrogens is 3. The second kappa shape index (κ2) is 9.77. The van der Waals surface area contributed by atoms with Gasteiger partial charge in [0.15, 0.2) is 6.23 Å². The van der Waals surface area contributed by atoms with Gasteiger partial charge in [0.1, 0.15) is 23.3 Å². The van der Waals surface area contributed by atoms with Crippen LogP contribution < -0.4 is 5.32 Å². The number of carbonyl (C=O) groups is 2. The summed E-state index contributed by atoms with van der Waals surface area (Å²) in [6.45, 7) is 2.10. The van der Waals surface area contributed by atoms with E-state index in [2.05, 4.69) is 21.2 Å². The molecule has 1 fully saturated rings. The number of nitrogens with one attached hydrogen (secondary N) is 1. The van der Waals surface area contributed by atoms with Gasteiger partial charge in [0.2, 0.25) is 5.91 Å². The molecule has 0 radical (unpaired) electrons. The molecule has 3 aromatic carbocycles. The van der Waals surface area contributed by atoms with Crippen molar-refractivity contribution in [2.45, 2.75) is 32.1 Å². The third-order valence-corrected chi connectivity index (χ3v) is 7.27. The van der Waals surface area contributed by atoms with Crippen LogP contribution in [-0.4, -0.2) is 44.4 Å². The molecule has 10 heteroatoms. The van der Waals surface area contributed by atoms with Gasteiger partial charge in [-0.15, -0.1) is 10.2 Å². The molecule has 4 aromatic rings. The smallest absolute Gasteiger partial charge is 0.253 e. The molecule has 0 spiro atoms. The standard InChI is InChI=1S/C28H23BrFN5O3/c1-16-27(37)34(13-12-17-2-3-19-15-24(36)31-23(19)14-17)28(38-16)26-25(18-4-8-21(30)9-5-18)32-35(33-26)22-10-6-20(29)7-11-22/h2-11,14,16,28H,12-13,15H2,1H3,(H,31,36)/t16-,28+/m1/s1. The van der Waals surface area contributed by atoms with Crippen LogP contribution in [0.15, 0.2) is 71.2 Å². The molecular formula is C28H23BrFN5O3. The Balaban J connectivity index is 1.34. The number of anilines is 1. The average Bonchev–Trinajstić information content (AvgIpc) is 3.58. The Morgan fingerprint density at radius 3 is 2.58 bits per heavy atom. The molecular weight excluding hydrogens is 553 g/mol. The first-order chi connectivity index (χ1) is 18.4. The summed E-state index contributed by atoms with van der Waals surface area (Å²) in [4.78, 5) is 28.1. The number of rotatable bonds is 6. The van der Waals surface area contributed by atoms with Crippen LogP contribution in [0.5, 0.6) is 0 Å². The van der Waals surface area contributed by atoms with Crippen LogP contribution in [0.2, 0.25) is 0 Å². The summed E-state index contributed by atoms with van der Waals surface area (Å²) in [5, 5.41) is 12.3. The van der Waals surface area contributed by atoms with Crippen LogP contribution in [0.25, 0.3) is 16.9 Å². The quantitative estimate of drug-likeness (QED) is 0.356. The minimum atomic E-state index is -0.768. The molecule has 0 bridgehead atoms. The summed E-state index contributed by atoms with van der Waals surface area (Å²) < 4.78 is 20.7. The lowest BCUT2D eigenvalue weighted by Gasteiger charge is -2.22. The van der Waals surface area contributed by atoms with E-state index in [4.69, 9.17) is 14.9 Å². The first-order valence-electron chi connectivity index (χ1n) is 12.2. The third kappa shape index (κ3) is 4.61. The normalized spacial score (nSPS) is 18.7. The Kier molecular flexibility index (Phi) is 6.29. The van der Waals surface area contributed by atoms with Crippen molar-refractivity contribution in [1.29, 1.82) is 0 Å². The number of halogens is 2. The van der Waals surface area contributed by atoms with Gasteiger partial charge in [-0.2, -0.15) is 4.80 Å². The van der Waals surface area contributed by atoms with E-state index in [1.54, 1.807) is 24.0 Å². The molecule has 0 unspecified atom stereocenters. The minimum Gasteiger partial charge on any atom is -0.339 e. The molecule has 38 heavy (non-hydrogen) atoms. The van der Waals surface area contributed by atoms with Gasteiger partial charge in [0.05, 0.1) is 12.1 Å². The summed E-state index contributed by atoms with van der Waals surface area (Å²) in [6.07, 6.45) is -0.476. The predicted molar refractivity (Wildman–Crippen MR) is 142 cm³/mol. The SMILES string of the molecule is C[C@H]1O[C@@H](c2nn(-c3ccc(Br)cc3)nc2-c2ccc(F)cc2)N(CCc2ccc3c(c2)NC(=O)C3)C1=O. The maximum atomic E-state index is 13.7. The number of hydrogen-bond donors (Lipinski definition) is 1. The lowest BCUT2D eigenvalue weighted by molar-refractivity contribution is -0.130. The molecule has 192 valence electrons. The van der Waals surface area contributed by atoms with Gasteiger partial charge in [-0.25, -0.2) is 4.39 Å². The third-order valence-electron chi connectivity index (χ3n) is 6.74. The molecule has 2 aliphatic rings. The zero-order valence-corrected chi connectivity index (χ0v) is 22.0. The zero-order chi connectivity index (χ0) is 26.4. The second-order valence-corrected chi connectivity index (χ2v) is 10.3. The monoisotopic (exact) mass is 575 g/mol. The molecule has 0 saturated carbocycles. The van der Waals surface area contributed by atoms with Gasteiger partial charge in [-0.1, -0.05) is 28.1 Å². The van der Waals surface area contributed by atoms with Gasteiger partial charge in [0.25, 0.3) is 5.91 Å². The summed E-state index contributed by atoms with van der Waals surface area (Å²) in [5.74, 6) is -0.521. The molecule has 6 rings (SSSR count). The maximum Gasteiger partial charge on any atom is 0.253 e. The summed E-state index contributed by atoms with van der Waals surface area (Å²) in [7, 11) is 0. The Labute approximate surface area is 226 Å². The van der Waals surface area contributed by atoms with Gasteiger partial charge in [-0.05, 0) is 79.1 Å². The Hall–Kier alpha value is -3.89. The van der Waals surface area contributed by atoms with E-state index in [1.165, 1.54) is 16.9 Å². The Bertz CT molecular complexity index is 1540. The number of benzene rings is 3. The average molecular weight is 576 g/mol. The van der Waals surface area contributed by atoms with Crippen LogP contribution in [0.4, 0.5) is 10.1 Å². The largest absolute Gasteiger partial charge is 0.339 e. The minimum absolute atomic E-state index is 0.0173. The van der Waals surface area contributed by atoms with Gasteiger partial charge >= 0.3 is 0 Å². The number of nitrogens with zero attached hydrogens (tertiary/aromatic N) is 4. The van der Waals surface area contributed by atoms with Gasteiger partial charge in [-0.3, -0.25) is 9.59 Å². The molecule has 8 nitrogen and oxygen atoms in total. The van der Waals surface area contributed by atoms with Crippen molar-refractivity contribution in [3.05, 3.63) is 93.8 Å². The molecule has 1 N–H and O–H groups in total. The van der Waals surface area contributed by atoms with Crippen LogP contribution >= 0.6 is 15.9 Å². The van der Waals surface area contributed by atoms with Crippen molar-refractivity contribution in [3.8, 4) is 16.9 Å². The highest BCUT2D eigenvalue weighted by Crippen LogP contribution is 2.36. The van der Waals surface area contributed by atoms with E-state index >= 15 is 0 Å². The van der Waals surface area contributed by atoms with Crippen LogP contribution in [0, 0.1) is 5.82 Å². The Morgan fingerprint density at radius 2 is 1.82 bits per heavy atom.